The number of rotatable bonds is 8. The highest BCUT2D eigenvalue weighted by Gasteiger charge is 2.18. The van der Waals surface area contributed by atoms with Crippen LogP contribution < -0.4 is 14.4 Å². The van der Waals surface area contributed by atoms with Gasteiger partial charge < -0.3 is 10.1 Å². The summed E-state index contributed by atoms with van der Waals surface area (Å²) < 4.78 is 30.7. The Morgan fingerprint density at radius 3 is 2.68 bits per heavy atom. The number of nitrogens with one attached hydrogen (secondary N) is 1. The molecule has 0 saturated carbocycles. The van der Waals surface area contributed by atoms with Crippen LogP contribution in [0, 0.1) is 0 Å². The average Bonchev–Trinajstić information content (AvgIpc) is 2.43. The highest BCUT2D eigenvalue weighted by Crippen LogP contribution is 2.22. The molecule has 0 atom stereocenters. The molecule has 5 nitrogen and oxygen atoms in total. The zero-order valence-electron chi connectivity index (χ0n) is 11.7. The second-order valence-corrected chi connectivity index (χ2v) is 6.42. The Morgan fingerprint density at radius 1 is 1.32 bits per heavy atom. The quantitative estimate of drug-likeness (QED) is 0.735. The number of anilines is 1. The first-order valence-corrected chi connectivity index (χ1v) is 7.87. The van der Waals surface area contributed by atoms with Crippen molar-refractivity contribution in [2.45, 2.75) is 12.8 Å². The van der Waals surface area contributed by atoms with E-state index in [1.165, 1.54) is 4.31 Å². The number of hydrogen-bond donors (Lipinski definition) is 1. The number of ether oxygens (including phenoxy) is 1. The molecule has 1 N–H and O–H groups in total. The van der Waals surface area contributed by atoms with E-state index in [0.717, 1.165) is 13.0 Å². The van der Waals surface area contributed by atoms with E-state index < -0.39 is 10.0 Å². The fourth-order valence-corrected chi connectivity index (χ4v) is 2.97. The molecule has 0 saturated heterocycles. The van der Waals surface area contributed by atoms with Gasteiger partial charge in [-0.3, -0.25) is 4.31 Å². The normalized spacial score (nSPS) is 11.3. The Morgan fingerprint density at radius 2 is 2.05 bits per heavy atom. The standard InChI is InChI=1S/C13H22N2O3S/c1-14-9-4-5-10-19(16,17)15(2)12-7-6-8-13(11-12)18-3/h6-8,11,14H,4-5,9-10H2,1-3H3. The van der Waals surface area contributed by atoms with Gasteiger partial charge in [-0.25, -0.2) is 8.42 Å². The Hall–Kier alpha value is -1.27. The maximum atomic E-state index is 12.2. The van der Waals surface area contributed by atoms with Crippen molar-refractivity contribution >= 4 is 15.7 Å². The minimum Gasteiger partial charge on any atom is -0.497 e. The number of hydrogen-bond acceptors (Lipinski definition) is 4. The molecule has 0 heterocycles. The fourth-order valence-electron chi connectivity index (χ4n) is 1.69. The van der Waals surface area contributed by atoms with Crippen LogP contribution in [-0.4, -0.2) is 41.9 Å². The van der Waals surface area contributed by atoms with Crippen molar-refractivity contribution in [3.05, 3.63) is 24.3 Å². The number of unbranched alkanes of at least 4 members (excludes halogenated alkanes) is 1. The Kier molecular flexibility index (Phi) is 6.11. The number of methoxy groups -OCH3 is 1. The van der Waals surface area contributed by atoms with Crippen molar-refractivity contribution in [2.24, 2.45) is 0 Å². The van der Waals surface area contributed by atoms with Crippen LogP contribution in [0.2, 0.25) is 0 Å². The van der Waals surface area contributed by atoms with Gasteiger partial charge in [0.2, 0.25) is 10.0 Å². The largest absolute Gasteiger partial charge is 0.497 e. The van der Waals surface area contributed by atoms with E-state index in [9.17, 15) is 8.42 Å². The SMILES string of the molecule is CNCCCCS(=O)(=O)N(C)c1cccc(OC)c1. The first-order chi connectivity index (χ1) is 9.01. The van der Waals surface area contributed by atoms with Crippen LogP contribution in [-0.2, 0) is 10.0 Å². The molecule has 0 aromatic heterocycles. The van der Waals surface area contributed by atoms with E-state index >= 15 is 0 Å². The lowest BCUT2D eigenvalue weighted by molar-refractivity contribution is 0.415. The summed E-state index contributed by atoms with van der Waals surface area (Å²) in [4.78, 5) is 0. The van der Waals surface area contributed by atoms with Crippen molar-refractivity contribution < 1.29 is 13.2 Å². The minimum absolute atomic E-state index is 0.155. The van der Waals surface area contributed by atoms with Crippen LogP contribution in [0.1, 0.15) is 12.8 Å². The molecule has 0 radical (unpaired) electrons. The maximum Gasteiger partial charge on any atom is 0.234 e. The molecule has 1 rings (SSSR count). The van der Waals surface area contributed by atoms with Gasteiger partial charge in [-0.1, -0.05) is 6.07 Å². The third-order valence-electron chi connectivity index (χ3n) is 2.91. The van der Waals surface area contributed by atoms with Gasteiger partial charge in [0.05, 0.1) is 18.6 Å². The molecular weight excluding hydrogens is 264 g/mol. The van der Waals surface area contributed by atoms with Crippen LogP contribution in [0.4, 0.5) is 5.69 Å². The smallest absolute Gasteiger partial charge is 0.234 e. The van der Waals surface area contributed by atoms with Crippen LogP contribution >= 0.6 is 0 Å². The van der Waals surface area contributed by atoms with E-state index in [2.05, 4.69) is 5.32 Å². The summed E-state index contributed by atoms with van der Waals surface area (Å²) in [5.74, 6) is 0.803. The summed E-state index contributed by atoms with van der Waals surface area (Å²) in [5, 5.41) is 3.00. The molecule has 0 amide bonds. The van der Waals surface area contributed by atoms with E-state index in [4.69, 9.17) is 4.74 Å². The molecule has 0 unspecified atom stereocenters. The Labute approximate surface area is 115 Å². The van der Waals surface area contributed by atoms with E-state index in [1.807, 2.05) is 7.05 Å². The first-order valence-electron chi connectivity index (χ1n) is 6.26. The van der Waals surface area contributed by atoms with E-state index in [-0.39, 0.29) is 5.75 Å². The summed E-state index contributed by atoms with van der Waals surface area (Å²) in [6.07, 6.45) is 1.50. The topological polar surface area (TPSA) is 58.6 Å². The van der Waals surface area contributed by atoms with Crippen LogP contribution in [0.5, 0.6) is 5.75 Å². The predicted octanol–water partition coefficient (Wildman–Crippen LogP) is 1.46. The molecule has 0 aliphatic carbocycles. The van der Waals surface area contributed by atoms with Gasteiger partial charge >= 0.3 is 0 Å². The fraction of sp³-hybridized carbons (Fsp3) is 0.538. The zero-order chi connectivity index (χ0) is 14.3. The Balaban J connectivity index is 2.71. The highest BCUT2D eigenvalue weighted by molar-refractivity contribution is 7.92. The van der Waals surface area contributed by atoms with Gasteiger partial charge in [-0.2, -0.15) is 0 Å². The van der Waals surface area contributed by atoms with Crippen molar-refractivity contribution in [3.8, 4) is 5.75 Å². The summed E-state index contributed by atoms with van der Waals surface area (Å²) >= 11 is 0. The van der Waals surface area contributed by atoms with Gasteiger partial charge in [-0.05, 0) is 38.6 Å². The molecule has 1 aromatic rings. The van der Waals surface area contributed by atoms with Crippen molar-refractivity contribution in [1.82, 2.24) is 5.32 Å². The van der Waals surface area contributed by atoms with Gasteiger partial charge in [0.1, 0.15) is 5.75 Å². The van der Waals surface area contributed by atoms with E-state index in [1.54, 1.807) is 38.4 Å². The third kappa shape index (κ3) is 4.72. The molecule has 19 heavy (non-hydrogen) atoms. The second kappa shape index (κ2) is 7.35. The number of sulfonamides is 1. The molecular formula is C13H22N2O3S. The van der Waals surface area contributed by atoms with Gasteiger partial charge in [-0.15, -0.1) is 0 Å². The van der Waals surface area contributed by atoms with Crippen molar-refractivity contribution in [1.29, 1.82) is 0 Å². The Bertz CT molecular complexity index is 488. The third-order valence-corrected chi connectivity index (χ3v) is 4.76. The second-order valence-electron chi connectivity index (χ2n) is 4.30. The lowest BCUT2D eigenvalue weighted by atomic mass is 10.3. The molecule has 0 aliphatic heterocycles. The number of nitrogens with zero attached hydrogens (tertiary/aromatic N) is 1. The van der Waals surface area contributed by atoms with Gasteiger partial charge in [0, 0.05) is 13.1 Å². The van der Waals surface area contributed by atoms with Gasteiger partial charge in [0.15, 0.2) is 0 Å². The van der Waals surface area contributed by atoms with Crippen LogP contribution in [0.25, 0.3) is 0 Å². The lowest BCUT2D eigenvalue weighted by Gasteiger charge is -2.20. The summed E-state index contributed by atoms with van der Waals surface area (Å²) in [6.45, 7) is 0.832. The molecule has 0 spiro atoms. The summed E-state index contributed by atoms with van der Waals surface area (Å²) in [5.41, 5.74) is 0.618. The van der Waals surface area contributed by atoms with E-state index in [0.29, 0.717) is 17.9 Å². The lowest BCUT2D eigenvalue weighted by Crippen LogP contribution is -2.29. The highest BCUT2D eigenvalue weighted by atomic mass is 32.2. The monoisotopic (exact) mass is 286 g/mol. The first kappa shape index (κ1) is 15.8. The molecule has 0 aliphatic rings. The maximum absolute atomic E-state index is 12.2. The summed E-state index contributed by atoms with van der Waals surface area (Å²) in [6, 6.07) is 7.04. The van der Waals surface area contributed by atoms with Crippen molar-refractivity contribution in [2.75, 3.05) is 37.8 Å². The average molecular weight is 286 g/mol. The molecule has 0 bridgehead atoms. The predicted molar refractivity (Wildman–Crippen MR) is 78.3 cm³/mol. The zero-order valence-corrected chi connectivity index (χ0v) is 12.5. The molecule has 108 valence electrons. The van der Waals surface area contributed by atoms with Gasteiger partial charge in [0.25, 0.3) is 0 Å². The molecule has 1 aromatic carbocycles. The van der Waals surface area contributed by atoms with Crippen LogP contribution in [0.15, 0.2) is 24.3 Å². The van der Waals surface area contributed by atoms with Crippen LogP contribution in [0.3, 0.4) is 0 Å². The summed E-state index contributed by atoms with van der Waals surface area (Å²) in [7, 11) is 1.72. The van der Waals surface area contributed by atoms with Crippen molar-refractivity contribution in [3.63, 3.8) is 0 Å². The minimum atomic E-state index is -3.27. The number of benzene rings is 1. The molecule has 6 heteroatoms. The molecule has 0 fully saturated rings.